The predicted octanol–water partition coefficient (Wildman–Crippen LogP) is 3.17. The highest BCUT2D eigenvalue weighted by Crippen LogP contribution is 2.29. The highest BCUT2D eigenvalue weighted by Gasteiger charge is 2.12. The second-order valence-electron chi connectivity index (χ2n) is 4.68. The van der Waals surface area contributed by atoms with Crippen molar-refractivity contribution in [2.24, 2.45) is 0 Å². The average Bonchev–Trinajstić information content (AvgIpc) is 2.84. The molecule has 0 unspecified atom stereocenters. The Balaban J connectivity index is 2.53. The molecule has 0 aliphatic carbocycles. The third-order valence-electron chi connectivity index (χ3n) is 3.25. The van der Waals surface area contributed by atoms with E-state index in [-0.39, 0.29) is 0 Å². The van der Waals surface area contributed by atoms with E-state index in [1.165, 1.54) is 0 Å². The van der Waals surface area contributed by atoms with Crippen LogP contribution in [0.2, 0.25) is 0 Å². The van der Waals surface area contributed by atoms with Gasteiger partial charge in [-0.3, -0.25) is 9.48 Å². The van der Waals surface area contributed by atoms with Gasteiger partial charge in [0, 0.05) is 5.56 Å². The molecule has 1 heterocycles. The van der Waals surface area contributed by atoms with Crippen molar-refractivity contribution in [3.05, 3.63) is 47.7 Å². The highest BCUT2D eigenvalue weighted by atomic mass is 16.5. The Morgan fingerprint density at radius 1 is 1.30 bits per heavy atom. The summed E-state index contributed by atoms with van der Waals surface area (Å²) in [6, 6.07) is 5.81. The number of methoxy groups -OCH3 is 1. The second-order valence-corrected chi connectivity index (χ2v) is 4.68. The number of hydrogen-bond acceptors (Lipinski definition) is 3. The van der Waals surface area contributed by atoms with Crippen molar-refractivity contribution in [1.29, 1.82) is 0 Å². The third kappa shape index (κ3) is 2.50. The van der Waals surface area contributed by atoms with E-state index in [1.807, 2.05) is 26.0 Å². The van der Waals surface area contributed by atoms with Gasteiger partial charge in [0.2, 0.25) is 0 Å². The van der Waals surface area contributed by atoms with Gasteiger partial charge in [0.05, 0.1) is 19.3 Å². The van der Waals surface area contributed by atoms with E-state index in [0.29, 0.717) is 12.2 Å². The molecular formula is C16H18N2O2. The smallest absolute Gasteiger partial charge is 0.168 e. The lowest BCUT2D eigenvalue weighted by Gasteiger charge is -2.09. The van der Waals surface area contributed by atoms with Crippen LogP contribution in [0.15, 0.2) is 30.9 Å². The molecule has 104 valence electrons. The molecular weight excluding hydrogens is 252 g/mol. The summed E-state index contributed by atoms with van der Waals surface area (Å²) in [5.41, 5.74) is 4.45. The van der Waals surface area contributed by atoms with Crippen LogP contribution in [0.1, 0.15) is 21.6 Å². The van der Waals surface area contributed by atoms with E-state index in [2.05, 4.69) is 11.7 Å². The molecule has 1 aromatic carbocycles. The Kier molecular flexibility index (Phi) is 4.03. The molecule has 1 aromatic heterocycles. The number of carbonyl (C=O) groups is 1. The normalized spacial score (nSPS) is 10.3. The molecule has 0 bridgehead atoms. The van der Waals surface area contributed by atoms with E-state index >= 15 is 0 Å². The number of rotatable bonds is 5. The fraction of sp³-hybridized carbons (Fsp3) is 0.250. The van der Waals surface area contributed by atoms with E-state index in [1.54, 1.807) is 23.9 Å². The molecule has 0 radical (unpaired) electrons. The molecule has 0 spiro atoms. The number of ether oxygens (including phenoxy) is 1. The van der Waals surface area contributed by atoms with Gasteiger partial charge in [-0.05, 0) is 43.2 Å². The molecule has 4 nitrogen and oxygen atoms in total. The number of aldehydes is 1. The van der Waals surface area contributed by atoms with Crippen LogP contribution in [0.5, 0.6) is 5.75 Å². The van der Waals surface area contributed by atoms with E-state index in [0.717, 1.165) is 34.4 Å². The van der Waals surface area contributed by atoms with E-state index in [9.17, 15) is 4.79 Å². The summed E-state index contributed by atoms with van der Waals surface area (Å²) < 4.78 is 6.96. The molecule has 20 heavy (non-hydrogen) atoms. The Hall–Kier alpha value is -2.36. The van der Waals surface area contributed by atoms with Crippen LogP contribution in [-0.2, 0) is 6.54 Å². The molecule has 0 saturated heterocycles. The number of allylic oxidation sites excluding steroid dienone is 1. The predicted molar refractivity (Wildman–Crippen MR) is 79.3 cm³/mol. The number of aromatic nitrogens is 2. The van der Waals surface area contributed by atoms with Crippen LogP contribution < -0.4 is 4.74 Å². The zero-order chi connectivity index (χ0) is 14.7. The molecule has 2 aromatic rings. The third-order valence-corrected chi connectivity index (χ3v) is 3.25. The second kappa shape index (κ2) is 5.74. The fourth-order valence-corrected chi connectivity index (χ4v) is 2.21. The molecule has 0 aliphatic rings. The summed E-state index contributed by atoms with van der Waals surface area (Å²) in [4.78, 5) is 11.1. The SMILES string of the molecule is C=CCn1nc(-c2cc(C)c(OC)cc2C)cc1C=O. The average molecular weight is 270 g/mol. The maximum Gasteiger partial charge on any atom is 0.168 e. The van der Waals surface area contributed by atoms with Crippen molar-refractivity contribution in [3.8, 4) is 17.0 Å². The maximum atomic E-state index is 11.1. The van der Waals surface area contributed by atoms with E-state index < -0.39 is 0 Å². The first-order valence-corrected chi connectivity index (χ1v) is 6.40. The summed E-state index contributed by atoms with van der Waals surface area (Å²) >= 11 is 0. The van der Waals surface area contributed by atoms with Crippen molar-refractivity contribution in [3.63, 3.8) is 0 Å². The van der Waals surface area contributed by atoms with Gasteiger partial charge < -0.3 is 4.74 Å². The summed E-state index contributed by atoms with van der Waals surface area (Å²) in [7, 11) is 1.66. The van der Waals surface area contributed by atoms with Crippen LogP contribution >= 0.6 is 0 Å². The Bertz CT molecular complexity index is 657. The highest BCUT2D eigenvalue weighted by molar-refractivity contribution is 5.77. The molecule has 2 rings (SSSR count). The van der Waals surface area contributed by atoms with Gasteiger partial charge in [-0.15, -0.1) is 6.58 Å². The van der Waals surface area contributed by atoms with Gasteiger partial charge in [-0.25, -0.2) is 0 Å². The molecule has 0 aliphatic heterocycles. The van der Waals surface area contributed by atoms with Crippen LogP contribution in [0, 0.1) is 13.8 Å². The van der Waals surface area contributed by atoms with Crippen molar-refractivity contribution >= 4 is 6.29 Å². The number of benzene rings is 1. The lowest BCUT2D eigenvalue weighted by molar-refractivity contribution is 0.111. The van der Waals surface area contributed by atoms with Crippen molar-refractivity contribution < 1.29 is 9.53 Å². The van der Waals surface area contributed by atoms with Crippen LogP contribution in [0.4, 0.5) is 0 Å². The maximum absolute atomic E-state index is 11.1. The van der Waals surface area contributed by atoms with Crippen LogP contribution in [0.25, 0.3) is 11.3 Å². The standard InChI is InChI=1S/C16H18N2O2/c1-5-6-18-13(10-19)9-15(17-18)14-7-12(3)16(20-4)8-11(14)2/h5,7-10H,1,6H2,2-4H3. The molecule has 4 heteroatoms. The lowest BCUT2D eigenvalue weighted by Crippen LogP contribution is -2.02. The molecule has 0 saturated carbocycles. The largest absolute Gasteiger partial charge is 0.496 e. The topological polar surface area (TPSA) is 44.1 Å². The summed E-state index contributed by atoms with van der Waals surface area (Å²) in [5, 5.41) is 4.47. The Morgan fingerprint density at radius 3 is 2.65 bits per heavy atom. The van der Waals surface area contributed by atoms with Gasteiger partial charge in [0.15, 0.2) is 6.29 Å². The fourth-order valence-electron chi connectivity index (χ4n) is 2.21. The van der Waals surface area contributed by atoms with Gasteiger partial charge in [-0.1, -0.05) is 6.08 Å². The zero-order valence-electron chi connectivity index (χ0n) is 12.0. The monoisotopic (exact) mass is 270 g/mol. The minimum Gasteiger partial charge on any atom is -0.496 e. The van der Waals surface area contributed by atoms with Crippen molar-refractivity contribution in [2.45, 2.75) is 20.4 Å². The number of hydrogen-bond donors (Lipinski definition) is 0. The Morgan fingerprint density at radius 2 is 2.05 bits per heavy atom. The first kappa shape index (κ1) is 14.1. The lowest BCUT2D eigenvalue weighted by atomic mass is 10.0. The van der Waals surface area contributed by atoms with Crippen molar-refractivity contribution in [2.75, 3.05) is 7.11 Å². The van der Waals surface area contributed by atoms with Gasteiger partial charge >= 0.3 is 0 Å². The van der Waals surface area contributed by atoms with Gasteiger partial charge in [0.1, 0.15) is 11.4 Å². The van der Waals surface area contributed by atoms with Crippen molar-refractivity contribution in [1.82, 2.24) is 9.78 Å². The minimum atomic E-state index is 0.516. The Labute approximate surface area is 118 Å². The summed E-state index contributed by atoms with van der Waals surface area (Å²) in [5.74, 6) is 0.854. The molecule has 0 fully saturated rings. The summed E-state index contributed by atoms with van der Waals surface area (Å²) in [6.07, 6.45) is 2.53. The molecule has 0 amide bonds. The quantitative estimate of drug-likeness (QED) is 0.619. The minimum absolute atomic E-state index is 0.516. The number of aryl methyl sites for hydroxylation is 2. The molecule has 0 N–H and O–H groups in total. The van der Waals surface area contributed by atoms with Crippen LogP contribution in [-0.4, -0.2) is 23.2 Å². The first-order valence-electron chi connectivity index (χ1n) is 6.40. The number of nitrogens with zero attached hydrogens (tertiary/aromatic N) is 2. The summed E-state index contributed by atoms with van der Waals surface area (Å²) in [6.45, 7) is 8.18. The van der Waals surface area contributed by atoms with Gasteiger partial charge in [-0.2, -0.15) is 5.10 Å². The number of carbonyl (C=O) groups excluding carboxylic acids is 1. The first-order chi connectivity index (χ1) is 9.60. The molecule has 0 atom stereocenters. The van der Waals surface area contributed by atoms with Gasteiger partial charge in [0.25, 0.3) is 0 Å². The van der Waals surface area contributed by atoms with E-state index in [4.69, 9.17) is 4.74 Å². The zero-order valence-corrected chi connectivity index (χ0v) is 12.0. The van der Waals surface area contributed by atoms with Crippen LogP contribution in [0.3, 0.4) is 0 Å².